The highest BCUT2D eigenvalue weighted by Crippen LogP contribution is 2.20. The van der Waals surface area contributed by atoms with Gasteiger partial charge < -0.3 is 4.57 Å². The topological polar surface area (TPSA) is 17.8 Å². The molecule has 0 aliphatic carbocycles. The van der Waals surface area contributed by atoms with Gasteiger partial charge in [-0.05, 0) is 19.3 Å². The van der Waals surface area contributed by atoms with Crippen LogP contribution in [0, 0.1) is 19.3 Å². The molecule has 1 aromatic rings. The molecule has 13 heavy (non-hydrogen) atoms. The van der Waals surface area contributed by atoms with Crippen molar-refractivity contribution in [2.75, 3.05) is 0 Å². The Morgan fingerprint density at radius 3 is 2.08 bits per heavy atom. The summed E-state index contributed by atoms with van der Waals surface area (Å²) in [6.45, 7) is 10.9. The Labute approximate surface area is 81.0 Å². The van der Waals surface area contributed by atoms with Crippen LogP contribution in [-0.2, 0) is 13.5 Å². The van der Waals surface area contributed by atoms with E-state index in [1.54, 1.807) is 0 Å². The molecule has 0 aliphatic rings. The van der Waals surface area contributed by atoms with E-state index in [-0.39, 0.29) is 0 Å². The van der Waals surface area contributed by atoms with Crippen LogP contribution >= 0.6 is 0 Å². The summed E-state index contributed by atoms with van der Waals surface area (Å²) < 4.78 is 2.20. The van der Waals surface area contributed by atoms with E-state index in [0.717, 1.165) is 12.1 Å². The van der Waals surface area contributed by atoms with Gasteiger partial charge in [-0.1, -0.05) is 20.8 Å². The lowest BCUT2D eigenvalue weighted by molar-refractivity contribution is 0.395. The van der Waals surface area contributed by atoms with Gasteiger partial charge >= 0.3 is 0 Å². The summed E-state index contributed by atoms with van der Waals surface area (Å²) in [6.07, 6.45) is 1.04. The zero-order chi connectivity index (χ0) is 10.2. The largest absolute Gasteiger partial charge is 0.335 e. The summed E-state index contributed by atoms with van der Waals surface area (Å²) in [5, 5.41) is 0. The standard InChI is InChI=1S/C11H20N2/c1-8-9(2)13(6)10(12-8)7-11(3,4)5/h7H2,1-6H3. The highest BCUT2D eigenvalue weighted by molar-refractivity contribution is 5.14. The predicted octanol–water partition coefficient (Wildman–Crippen LogP) is 2.63. The maximum Gasteiger partial charge on any atom is 0.109 e. The van der Waals surface area contributed by atoms with E-state index in [4.69, 9.17) is 0 Å². The molecule has 0 saturated carbocycles. The minimum Gasteiger partial charge on any atom is -0.335 e. The fourth-order valence-electron chi connectivity index (χ4n) is 1.42. The molecule has 0 unspecified atom stereocenters. The van der Waals surface area contributed by atoms with Crippen molar-refractivity contribution in [1.29, 1.82) is 0 Å². The third-order valence-electron chi connectivity index (χ3n) is 2.40. The quantitative estimate of drug-likeness (QED) is 0.649. The van der Waals surface area contributed by atoms with Crippen molar-refractivity contribution in [2.45, 2.75) is 41.0 Å². The minimum atomic E-state index is 0.317. The highest BCUT2D eigenvalue weighted by atomic mass is 15.1. The summed E-state index contributed by atoms with van der Waals surface area (Å²) in [5.41, 5.74) is 2.75. The third-order valence-corrected chi connectivity index (χ3v) is 2.40. The van der Waals surface area contributed by atoms with Crippen molar-refractivity contribution in [3.05, 3.63) is 17.2 Å². The molecule has 0 bridgehead atoms. The van der Waals surface area contributed by atoms with Gasteiger partial charge in [-0.3, -0.25) is 0 Å². The van der Waals surface area contributed by atoms with Gasteiger partial charge in [0.25, 0.3) is 0 Å². The van der Waals surface area contributed by atoms with Gasteiger partial charge in [-0.25, -0.2) is 4.98 Å². The molecule has 2 nitrogen and oxygen atoms in total. The molecule has 1 heterocycles. The van der Waals surface area contributed by atoms with E-state index >= 15 is 0 Å². The summed E-state index contributed by atoms with van der Waals surface area (Å²) in [6, 6.07) is 0. The monoisotopic (exact) mass is 180 g/mol. The fourth-order valence-corrected chi connectivity index (χ4v) is 1.42. The minimum absolute atomic E-state index is 0.317. The Morgan fingerprint density at radius 2 is 1.77 bits per heavy atom. The van der Waals surface area contributed by atoms with Crippen LogP contribution in [0.25, 0.3) is 0 Å². The molecule has 0 atom stereocenters. The van der Waals surface area contributed by atoms with E-state index in [0.29, 0.717) is 5.41 Å². The molecule has 0 fully saturated rings. The van der Waals surface area contributed by atoms with E-state index < -0.39 is 0 Å². The lowest BCUT2D eigenvalue weighted by Crippen LogP contribution is -2.13. The van der Waals surface area contributed by atoms with Crippen LogP contribution in [0.5, 0.6) is 0 Å². The van der Waals surface area contributed by atoms with E-state index in [2.05, 4.69) is 51.2 Å². The number of hydrogen-bond acceptors (Lipinski definition) is 1. The first-order valence-electron chi connectivity index (χ1n) is 4.80. The maximum absolute atomic E-state index is 4.56. The molecule has 1 rings (SSSR count). The SMILES string of the molecule is Cc1nc(CC(C)(C)C)n(C)c1C. The summed E-state index contributed by atoms with van der Waals surface area (Å²) in [7, 11) is 2.09. The number of rotatable bonds is 1. The van der Waals surface area contributed by atoms with Crippen LogP contribution in [0.1, 0.15) is 38.0 Å². The van der Waals surface area contributed by atoms with Crippen molar-refractivity contribution >= 4 is 0 Å². The van der Waals surface area contributed by atoms with Crippen LogP contribution in [0.3, 0.4) is 0 Å². The molecule has 0 amide bonds. The summed E-state index contributed by atoms with van der Waals surface area (Å²) in [4.78, 5) is 4.56. The van der Waals surface area contributed by atoms with Crippen molar-refractivity contribution in [2.24, 2.45) is 12.5 Å². The normalized spacial score (nSPS) is 12.2. The van der Waals surface area contributed by atoms with Crippen molar-refractivity contribution in [3.8, 4) is 0 Å². The first-order valence-corrected chi connectivity index (χ1v) is 4.80. The highest BCUT2D eigenvalue weighted by Gasteiger charge is 2.16. The predicted molar refractivity (Wildman–Crippen MR) is 55.8 cm³/mol. The zero-order valence-corrected chi connectivity index (χ0v) is 9.60. The number of imidazole rings is 1. The van der Waals surface area contributed by atoms with Crippen LogP contribution in [0.4, 0.5) is 0 Å². The second kappa shape index (κ2) is 3.17. The van der Waals surface area contributed by atoms with Crippen molar-refractivity contribution in [1.82, 2.24) is 9.55 Å². The average molecular weight is 180 g/mol. The Bertz CT molecular complexity index is 303. The van der Waals surface area contributed by atoms with Crippen LogP contribution in [-0.4, -0.2) is 9.55 Å². The van der Waals surface area contributed by atoms with Gasteiger partial charge in [-0.15, -0.1) is 0 Å². The van der Waals surface area contributed by atoms with Gasteiger partial charge in [0.15, 0.2) is 0 Å². The average Bonchev–Trinajstić information content (AvgIpc) is 2.15. The third kappa shape index (κ3) is 2.33. The van der Waals surface area contributed by atoms with Gasteiger partial charge in [0.2, 0.25) is 0 Å². The number of hydrogen-bond donors (Lipinski definition) is 0. The van der Waals surface area contributed by atoms with E-state index in [1.807, 2.05) is 0 Å². The maximum atomic E-state index is 4.56. The van der Waals surface area contributed by atoms with Gasteiger partial charge in [0.05, 0.1) is 5.69 Å². The smallest absolute Gasteiger partial charge is 0.109 e. The first kappa shape index (κ1) is 10.3. The second-order valence-electron chi connectivity index (χ2n) is 5.00. The Kier molecular flexibility index (Phi) is 2.51. The van der Waals surface area contributed by atoms with Crippen LogP contribution in [0.2, 0.25) is 0 Å². The Balaban J connectivity index is 2.97. The van der Waals surface area contributed by atoms with E-state index in [9.17, 15) is 0 Å². The van der Waals surface area contributed by atoms with Crippen LogP contribution < -0.4 is 0 Å². The molecule has 0 radical (unpaired) electrons. The molecule has 0 saturated heterocycles. The number of aryl methyl sites for hydroxylation is 1. The van der Waals surface area contributed by atoms with E-state index in [1.165, 1.54) is 11.5 Å². The van der Waals surface area contributed by atoms with Gasteiger partial charge in [0.1, 0.15) is 5.82 Å². The zero-order valence-electron chi connectivity index (χ0n) is 9.60. The Morgan fingerprint density at radius 1 is 1.23 bits per heavy atom. The summed E-state index contributed by atoms with van der Waals surface area (Å²) >= 11 is 0. The molecule has 0 aliphatic heterocycles. The lowest BCUT2D eigenvalue weighted by Gasteiger charge is -2.17. The second-order valence-corrected chi connectivity index (χ2v) is 5.00. The van der Waals surface area contributed by atoms with Gasteiger partial charge in [-0.2, -0.15) is 0 Å². The molecular formula is C11H20N2. The molecule has 74 valence electrons. The van der Waals surface area contributed by atoms with Crippen LogP contribution in [0.15, 0.2) is 0 Å². The molecule has 2 heteroatoms. The Hall–Kier alpha value is -0.790. The molecule has 1 aromatic heterocycles. The number of nitrogens with zero attached hydrogens (tertiary/aromatic N) is 2. The lowest BCUT2D eigenvalue weighted by atomic mass is 9.92. The summed E-state index contributed by atoms with van der Waals surface area (Å²) in [5.74, 6) is 1.20. The van der Waals surface area contributed by atoms with Crippen molar-refractivity contribution in [3.63, 3.8) is 0 Å². The molecule has 0 aromatic carbocycles. The molecule has 0 spiro atoms. The number of aromatic nitrogens is 2. The molecule has 0 N–H and O–H groups in total. The van der Waals surface area contributed by atoms with Gasteiger partial charge in [0, 0.05) is 19.2 Å². The first-order chi connectivity index (χ1) is 5.81. The fraction of sp³-hybridized carbons (Fsp3) is 0.727. The van der Waals surface area contributed by atoms with Crippen molar-refractivity contribution < 1.29 is 0 Å². The molecular weight excluding hydrogens is 160 g/mol.